The molecule has 6 nitrogen and oxygen atoms in total. The number of imidazole rings is 1. The van der Waals surface area contributed by atoms with Gasteiger partial charge in [0, 0.05) is 42.5 Å². The molecule has 1 aromatic carbocycles. The van der Waals surface area contributed by atoms with Crippen molar-refractivity contribution in [1.29, 1.82) is 5.26 Å². The summed E-state index contributed by atoms with van der Waals surface area (Å²) in [6, 6.07) is 9.45. The zero-order valence-corrected chi connectivity index (χ0v) is 16.2. The van der Waals surface area contributed by atoms with Crippen molar-refractivity contribution in [1.82, 2.24) is 14.1 Å². The molecule has 0 aliphatic heterocycles. The second-order valence-electron chi connectivity index (χ2n) is 6.72. The van der Waals surface area contributed by atoms with Gasteiger partial charge in [0.25, 0.3) is 0 Å². The molecular formula is C19H17ClN4O2S. The van der Waals surface area contributed by atoms with E-state index in [9.17, 15) is 13.7 Å². The van der Waals surface area contributed by atoms with Gasteiger partial charge in [-0.05, 0) is 30.9 Å². The third kappa shape index (κ3) is 3.05. The summed E-state index contributed by atoms with van der Waals surface area (Å²) in [6.07, 6.45) is 6.61. The number of nitrogens with zero attached hydrogens (tertiary/aromatic N) is 4. The second kappa shape index (κ2) is 6.55. The Balaban J connectivity index is 1.90. The summed E-state index contributed by atoms with van der Waals surface area (Å²) in [4.78, 5) is 3.50. The van der Waals surface area contributed by atoms with E-state index < -0.39 is 9.84 Å². The largest absolute Gasteiger partial charge is 0.331 e. The Morgan fingerprint density at radius 3 is 2.78 bits per heavy atom. The first-order valence-electron chi connectivity index (χ1n) is 8.54. The Labute approximate surface area is 162 Å². The molecule has 0 radical (unpaired) electrons. The summed E-state index contributed by atoms with van der Waals surface area (Å²) in [6.45, 7) is 0.793. The number of para-hydroxylation sites is 1. The number of allylic oxidation sites excluding steroid dienone is 1. The Morgan fingerprint density at radius 1 is 1.41 bits per heavy atom. The molecule has 0 atom stereocenters. The van der Waals surface area contributed by atoms with E-state index in [4.69, 9.17) is 11.6 Å². The molecule has 0 spiro atoms. The van der Waals surface area contributed by atoms with Crippen LogP contribution in [-0.4, -0.2) is 22.5 Å². The van der Waals surface area contributed by atoms with Crippen molar-refractivity contribution in [2.45, 2.75) is 24.5 Å². The number of rotatable bonds is 5. The number of aryl methyl sites for hydroxylation is 1. The predicted molar refractivity (Wildman–Crippen MR) is 104 cm³/mol. The van der Waals surface area contributed by atoms with E-state index in [1.165, 1.54) is 35.9 Å². The normalized spacial score (nSPS) is 15.2. The molecule has 1 saturated carbocycles. The van der Waals surface area contributed by atoms with Gasteiger partial charge in [-0.15, -0.1) is 0 Å². The van der Waals surface area contributed by atoms with E-state index in [0.717, 1.165) is 17.4 Å². The highest BCUT2D eigenvalue weighted by molar-refractivity contribution is 7.95. The summed E-state index contributed by atoms with van der Waals surface area (Å²) in [7, 11) is -2.47. The minimum atomic E-state index is -4.04. The summed E-state index contributed by atoms with van der Waals surface area (Å²) >= 11 is 6.62. The number of halogens is 1. The van der Waals surface area contributed by atoms with Crippen molar-refractivity contribution in [3.63, 3.8) is 0 Å². The lowest BCUT2D eigenvalue weighted by molar-refractivity contribution is 0.586. The van der Waals surface area contributed by atoms with Crippen molar-refractivity contribution < 1.29 is 8.42 Å². The fourth-order valence-corrected chi connectivity index (χ4v) is 4.73. The SMILES string of the molecule is Cn1ccnc1S(=O)(=O)C(C#N)=Cc1c(Cl)n(CC2CC2)c2ccccc12. The van der Waals surface area contributed by atoms with Gasteiger partial charge in [-0.25, -0.2) is 13.4 Å². The molecule has 4 rings (SSSR count). The van der Waals surface area contributed by atoms with Gasteiger partial charge in [0.15, 0.2) is 4.91 Å². The molecule has 0 bridgehead atoms. The minimum absolute atomic E-state index is 0.173. The Morgan fingerprint density at radius 2 is 2.15 bits per heavy atom. The average Bonchev–Trinajstić information content (AvgIpc) is 3.30. The van der Waals surface area contributed by atoms with Crippen LogP contribution in [0, 0.1) is 17.2 Å². The zero-order chi connectivity index (χ0) is 19.2. The van der Waals surface area contributed by atoms with Crippen LogP contribution in [0.25, 0.3) is 17.0 Å². The fraction of sp³-hybridized carbons (Fsp3) is 0.263. The van der Waals surface area contributed by atoms with E-state index in [1.807, 2.05) is 34.9 Å². The molecule has 1 aliphatic rings. The molecule has 8 heteroatoms. The molecule has 138 valence electrons. The van der Waals surface area contributed by atoms with Crippen LogP contribution < -0.4 is 0 Å². The molecule has 1 aliphatic carbocycles. The van der Waals surface area contributed by atoms with Crippen LogP contribution >= 0.6 is 11.6 Å². The number of hydrogen-bond donors (Lipinski definition) is 0. The zero-order valence-electron chi connectivity index (χ0n) is 14.6. The van der Waals surface area contributed by atoms with E-state index in [2.05, 4.69) is 4.98 Å². The maximum atomic E-state index is 12.9. The average molecular weight is 401 g/mol. The topological polar surface area (TPSA) is 80.7 Å². The molecule has 2 heterocycles. The van der Waals surface area contributed by atoms with Gasteiger partial charge in [0.1, 0.15) is 11.2 Å². The summed E-state index contributed by atoms with van der Waals surface area (Å²) in [5.41, 5.74) is 1.48. The van der Waals surface area contributed by atoms with Gasteiger partial charge >= 0.3 is 0 Å². The molecule has 1 fully saturated rings. The third-order valence-electron chi connectivity index (χ3n) is 4.77. The van der Waals surface area contributed by atoms with Crippen molar-refractivity contribution in [2.24, 2.45) is 13.0 Å². The number of nitriles is 1. The van der Waals surface area contributed by atoms with Crippen LogP contribution in [0.1, 0.15) is 18.4 Å². The van der Waals surface area contributed by atoms with Crippen molar-refractivity contribution in [3.8, 4) is 6.07 Å². The standard InChI is InChI=1S/C19H17ClN4O2S/c1-23-9-8-22-19(23)27(25,26)14(11-21)10-16-15-4-2-3-5-17(15)24(18(16)20)12-13-6-7-13/h2-5,8-10,13H,6-7,12H2,1H3. The van der Waals surface area contributed by atoms with E-state index in [1.54, 1.807) is 7.05 Å². The van der Waals surface area contributed by atoms with Gasteiger partial charge in [0.05, 0.1) is 0 Å². The lowest BCUT2D eigenvalue weighted by Gasteiger charge is -2.05. The Bertz CT molecular complexity index is 1210. The summed E-state index contributed by atoms with van der Waals surface area (Å²) in [5, 5.41) is 10.7. The van der Waals surface area contributed by atoms with Crippen LogP contribution in [0.3, 0.4) is 0 Å². The van der Waals surface area contributed by atoms with Crippen molar-refractivity contribution >= 4 is 38.4 Å². The minimum Gasteiger partial charge on any atom is -0.331 e. The number of fused-ring (bicyclic) bond motifs is 1. The summed E-state index contributed by atoms with van der Waals surface area (Å²) < 4.78 is 29.1. The molecule has 0 N–H and O–H groups in total. The highest BCUT2D eigenvalue weighted by Crippen LogP contribution is 2.38. The molecule has 3 aromatic rings. The number of benzene rings is 1. The van der Waals surface area contributed by atoms with Gasteiger partial charge < -0.3 is 9.13 Å². The molecular weight excluding hydrogens is 384 g/mol. The number of aromatic nitrogens is 3. The quantitative estimate of drug-likeness (QED) is 0.610. The van der Waals surface area contributed by atoms with Crippen LogP contribution in [0.2, 0.25) is 5.15 Å². The highest BCUT2D eigenvalue weighted by Gasteiger charge is 2.28. The maximum absolute atomic E-state index is 12.9. The van der Waals surface area contributed by atoms with Gasteiger partial charge in [-0.2, -0.15) is 5.26 Å². The first-order chi connectivity index (χ1) is 12.9. The molecule has 2 aromatic heterocycles. The molecule has 27 heavy (non-hydrogen) atoms. The monoisotopic (exact) mass is 400 g/mol. The summed E-state index contributed by atoms with van der Waals surface area (Å²) in [5.74, 6) is 0.599. The van der Waals surface area contributed by atoms with Crippen molar-refractivity contribution in [2.75, 3.05) is 0 Å². The predicted octanol–water partition coefficient (Wildman–Crippen LogP) is 3.78. The first-order valence-corrected chi connectivity index (χ1v) is 10.4. The van der Waals surface area contributed by atoms with Gasteiger partial charge in [-0.3, -0.25) is 0 Å². The lowest BCUT2D eigenvalue weighted by atomic mass is 10.1. The van der Waals surface area contributed by atoms with E-state index in [0.29, 0.717) is 16.6 Å². The third-order valence-corrected chi connectivity index (χ3v) is 6.84. The smallest absolute Gasteiger partial charge is 0.250 e. The molecule has 0 saturated heterocycles. The van der Waals surface area contributed by atoms with E-state index in [-0.39, 0.29) is 10.1 Å². The van der Waals surface area contributed by atoms with Crippen LogP contribution in [0.5, 0.6) is 0 Å². The van der Waals surface area contributed by atoms with Gasteiger partial charge in [-0.1, -0.05) is 29.8 Å². The fourth-order valence-electron chi connectivity index (χ4n) is 3.18. The van der Waals surface area contributed by atoms with Crippen LogP contribution in [0.4, 0.5) is 0 Å². The highest BCUT2D eigenvalue weighted by atomic mass is 35.5. The number of sulfone groups is 1. The van der Waals surface area contributed by atoms with Crippen molar-refractivity contribution in [3.05, 3.63) is 52.3 Å². The molecule has 0 amide bonds. The number of hydrogen-bond acceptors (Lipinski definition) is 4. The Hall–Kier alpha value is -2.56. The second-order valence-corrected chi connectivity index (χ2v) is 8.89. The Kier molecular flexibility index (Phi) is 4.33. The van der Waals surface area contributed by atoms with E-state index >= 15 is 0 Å². The first kappa shape index (κ1) is 17.8. The maximum Gasteiger partial charge on any atom is 0.250 e. The van der Waals surface area contributed by atoms with Crippen LogP contribution in [0.15, 0.2) is 46.7 Å². The van der Waals surface area contributed by atoms with Crippen LogP contribution in [-0.2, 0) is 23.4 Å². The van der Waals surface area contributed by atoms with Gasteiger partial charge in [0.2, 0.25) is 15.0 Å². The molecule has 0 unspecified atom stereocenters. The lowest BCUT2D eigenvalue weighted by Crippen LogP contribution is -2.09.